The van der Waals surface area contributed by atoms with Crippen molar-refractivity contribution in [2.24, 2.45) is 5.73 Å². The van der Waals surface area contributed by atoms with Crippen molar-refractivity contribution < 1.29 is 24.3 Å². The Labute approximate surface area is 132 Å². The molecule has 0 aliphatic heterocycles. The summed E-state index contributed by atoms with van der Waals surface area (Å²) >= 11 is 1.56. The smallest absolute Gasteiger partial charge is 0.322 e. The predicted octanol–water partition coefficient (Wildman–Crippen LogP) is -2.11. The lowest BCUT2D eigenvalue weighted by atomic mass is 10.2. The van der Waals surface area contributed by atoms with Gasteiger partial charge in [-0.25, -0.2) is 0 Å². The summed E-state index contributed by atoms with van der Waals surface area (Å²) in [5.41, 5.74) is 5.63. The minimum absolute atomic E-state index is 0.303. The van der Waals surface area contributed by atoms with Crippen LogP contribution in [-0.4, -0.2) is 66.0 Å². The average molecular weight is 334 g/mol. The van der Waals surface area contributed by atoms with Crippen molar-refractivity contribution in [2.75, 3.05) is 25.1 Å². The summed E-state index contributed by atoms with van der Waals surface area (Å²) in [6, 6.07) is -1.59. The van der Waals surface area contributed by atoms with Crippen LogP contribution in [0.3, 0.4) is 0 Å². The summed E-state index contributed by atoms with van der Waals surface area (Å²) in [6.07, 6.45) is 2.40. The van der Waals surface area contributed by atoms with E-state index < -0.39 is 42.3 Å². The molecule has 9 nitrogen and oxygen atoms in total. The number of carbonyl (C=O) groups excluding carboxylic acids is 3. The molecule has 2 unspecified atom stereocenters. The van der Waals surface area contributed by atoms with Crippen LogP contribution < -0.4 is 21.7 Å². The van der Waals surface area contributed by atoms with E-state index in [2.05, 4.69) is 16.0 Å². The lowest BCUT2D eigenvalue weighted by molar-refractivity contribution is -0.138. The van der Waals surface area contributed by atoms with Gasteiger partial charge in [-0.05, 0) is 25.4 Å². The molecule has 0 radical (unpaired) electrons. The Bertz CT molecular complexity index is 418. The molecular formula is C12H22N4O5S. The Kier molecular flexibility index (Phi) is 9.96. The topological polar surface area (TPSA) is 151 Å². The normalized spacial score (nSPS) is 12.9. The first kappa shape index (κ1) is 20.2. The van der Waals surface area contributed by atoms with Gasteiger partial charge in [-0.3, -0.25) is 19.2 Å². The van der Waals surface area contributed by atoms with Gasteiger partial charge in [-0.15, -0.1) is 0 Å². The van der Waals surface area contributed by atoms with Crippen LogP contribution in [-0.2, 0) is 19.2 Å². The number of aliphatic carboxylic acids is 1. The second-order valence-electron chi connectivity index (χ2n) is 4.51. The first-order chi connectivity index (χ1) is 10.3. The molecule has 0 saturated carbocycles. The Morgan fingerprint density at radius 2 is 1.73 bits per heavy atom. The molecule has 0 aliphatic carbocycles. The van der Waals surface area contributed by atoms with Gasteiger partial charge in [0.15, 0.2) is 0 Å². The van der Waals surface area contributed by atoms with E-state index in [1.807, 2.05) is 6.26 Å². The van der Waals surface area contributed by atoms with Crippen molar-refractivity contribution in [1.29, 1.82) is 0 Å². The lowest BCUT2D eigenvalue weighted by Crippen LogP contribution is -2.50. The number of nitrogens with two attached hydrogens (primary N) is 1. The van der Waals surface area contributed by atoms with Crippen LogP contribution in [0.5, 0.6) is 0 Å². The number of amides is 3. The van der Waals surface area contributed by atoms with Crippen molar-refractivity contribution in [3.8, 4) is 0 Å². The van der Waals surface area contributed by atoms with E-state index in [0.29, 0.717) is 6.42 Å². The fourth-order valence-corrected chi connectivity index (χ4v) is 1.84. The van der Waals surface area contributed by atoms with Crippen LogP contribution >= 0.6 is 11.8 Å². The maximum absolute atomic E-state index is 11.6. The highest BCUT2D eigenvalue weighted by molar-refractivity contribution is 7.98. The number of nitrogens with one attached hydrogen (secondary N) is 3. The molecule has 126 valence electrons. The number of carbonyl (C=O) groups is 4. The van der Waals surface area contributed by atoms with Gasteiger partial charge in [-0.2, -0.15) is 11.8 Å². The molecule has 10 heteroatoms. The number of carboxylic acids is 1. The molecule has 0 aromatic carbocycles. The van der Waals surface area contributed by atoms with Crippen LogP contribution in [0.4, 0.5) is 0 Å². The summed E-state index contributed by atoms with van der Waals surface area (Å²) in [5, 5.41) is 15.3. The van der Waals surface area contributed by atoms with Gasteiger partial charge < -0.3 is 26.8 Å². The Morgan fingerprint density at radius 1 is 1.14 bits per heavy atom. The first-order valence-electron chi connectivity index (χ1n) is 6.59. The summed E-state index contributed by atoms with van der Waals surface area (Å²) in [5.74, 6) is -2.07. The highest BCUT2D eigenvalue weighted by atomic mass is 32.2. The first-order valence-corrected chi connectivity index (χ1v) is 7.98. The molecule has 0 aliphatic rings. The van der Waals surface area contributed by atoms with Gasteiger partial charge in [0.25, 0.3) is 0 Å². The molecule has 3 amide bonds. The molecule has 0 aromatic heterocycles. The second-order valence-corrected chi connectivity index (χ2v) is 5.49. The quantitative estimate of drug-likeness (QED) is 0.307. The minimum atomic E-state index is -1.18. The molecule has 0 fully saturated rings. The van der Waals surface area contributed by atoms with Crippen LogP contribution in [0, 0.1) is 0 Å². The van der Waals surface area contributed by atoms with E-state index in [0.717, 1.165) is 5.75 Å². The van der Waals surface area contributed by atoms with E-state index in [-0.39, 0.29) is 6.54 Å². The third-order valence-electron chi connectivity index (χ3n) is 2.58. The third-order valence-corrected chi connectivity index (χ3v) is 3.22. The zero-order valence-electron chi connectivity index (χ0n) is 12.5. The van der Waals surface area contributed by atoms with Gasteiger partial charge in [-0.1, -0.05) is 0 Å². The van der Waals surface area contributed by atoms with Crippen LogP contribution in [0.25, 0.3) is 0 Å². The van der Waals surface area contributed by atoms with Crippen molar-refractivity contribution in [3.05, 3.63) is 0 Å². The van der Waals surface area contributed by atoms with Crippen molar-refractivity contribution in [1.82, 2.24) is 16.0 Å². The fourth-order valence-electron chi connectivity index (χ4n) is 1.35. The molecule has 0 bridgehead atoms. The van der Waals surface area contributed by atoms with Gasteiger partial charge >= 0.3 is 5.97 Å². The lowest BCUT2D eigenvalue weighted by Gasteiger charge is -2.15. The van der Waals surface area contributed by atoms with Gasteiger partial charge in [0, 0.05) is 0 Å². The number of thioether (sulfide) groups is 1. The zero-order valence-corrected chi connectivity index (χ0v) is 13.4. The fraction of sp³-hybridized carbons (Fsp3) is 0.667. The highest BCUT2D eigenvalue weighted by Gasteiger charge is 2.18. The van der Waals surface area contributed by atoms with Gasteiger partial charge in [0.05, 0.1) is 12.6 Å². The van der Waals surface area contributed by atoms with Crippen LogP contribution in [0.1, 0.15) is 13.3 Å². The predicted molar refractivity (Wildman–Crippen MR) is 82.2 cm³/mol. The number of rotatable bonds is 10. The Hall–Kier alpha value is -1.81. The minimum Gasteiger partial charge on any atom is -0.480 e. The zero-order chi connectivity index (χ0) is 17.1. The average Bonchev–Trinajstić information content (AvgIpc) is 2.47. The van der Waals surface area contributed by atoms with Crippen LogP contribution in [0.2, 0.25) is 0 Å². The maximum atomic E-state index is 11.6. The summed E-state index contributed by atoms with van der Waals surface area (Å²) in [4.78, 5) is 44.9. The van der Waals surface area contributed by atoms with Crippen molar-refractivity contribution in [3.63, 3.8) is 0 Å². The highest BCUT2D eigenvalue weighted by Crippen LogP contribution is 1.98. The van der Waals surface area contributed by atoms with E-state index in [4.69, 9.17) is 10.8 Å². The molecule has 22 heavy (non-hydrogen) atoms. The summed E-state index contributed by atoms with van der Waals surface area (Å²) in [6.45, 7) is 0.573. The van der Waals surface area contributed by atoms with E-state index in [9.17, 15) is 19.2 Å². The largest absolute Gasteiger partial charge is 0.480 e. The maximum Gasteiger partial charge on any atom is 0.322 e. The molecule has 0 saturated heterocycles. The van der Waals surface area contributed by atoms with Crippen molar-refractivity contribution in [2.45, 2.75) is 25.4 Å². The second kappa shape index (κ2) is 10.9. The summed E-state index contributed by atoms with van der Waals surface area (Å²) < 4.78 is 0. The molecule has 0 rings (SSSR count). The van der Waals surface area contributed by atoms with E-state index in [1.165, 1.54) is 6.92 Å². The Balaban J connectivity index is 4.04. The standard InChI is InChI=1S/C12H22N4O5S/c1-7(11(20)15-6-10(18)19)16-9(17)5-14-12(21)8(13)3-4-22-2/h7-8H,3-6,13H2,1-2H3,(H,14,21)(H,15,20)(H,16,17)(H,18,19). The number of hydrogen-bond acceptors (Lipinski definition) is 6. The Morgan fingerprint density at radius 3 is 2.27 bits per heavy atom. The van der Waals surface area contributed by atoms with Gasteiger partial charge in [0.2, 0.25) is 17.7 Å². The molecule has 6 N–H and O–H groups in total. The molecule has 0 heterocycles. The number of carboxylic acid groups (broad SMARTS) is 1. The monoisotopic (exact) mass is 334 g/mol. The van der Waals surface area contributed by atoms with Crippen molar-refractivity contribution >= 4 is 35.5 Å². The van der Waals surface area contributed by atoms with Gasteiger partial charge in [0.1, 0.15) is 12.6 Å². The third kappa shape index (κ3) is 9.19. The van der Waals surface area contributed by atoms with E-state index in [1.54, 1.807) is 11.8 Å². The van der Waals surface area contributed by atoms with Crippen LogP contribution in [0.15, 0.2) is 0 Å². The van der Waals surface area contributed by atoms with E-state index >= 15 is 0 Å². The molecular weight excluding hydrogens is 312 g/mol. The summed E-state index contributed by atoms with van der Waals surface area (Å²) in [7, 11) is 0. The molecule has 0 aromatic rings. The molecule has 2 atom stereocenters. The number of hydrogen-bond donors (Lipinski definition) is 5. The SMILES string of the molecule is CSCCC(N)C(=O)NCC(=O)NC(C)C(=O)NCC(=O)O. The molecule has 0 spiro atoms.